The lowest BCUT2D eigenvalue weighted by Crippen LogP contribution is -2.43. The van der Waals surface area contributed by atoms with Gasteiger partial charge in [0, 0.05) is 18.0 Å². The third-order valence-corrected chi connectivity index (χ3v) is 7.12. The second-order valence-electron chi connectivity index (χ2n) is 8.87. The largest absolute Gasteiger partial charge is 0.480 e. The molecule has 33 heavy (non-hydrogen) atoms. The number of amides is 1. The van der Waals surface area contributed by atoms with Crippen LogP contribution in [0.25, 0.3) is 16.7 Å². The summed E-state index contributed by atoms with van der Waals surface area (Å²) in [7, 11) is 1.58. The van der Waals surface area contributed by atoms with Crippen LogP contribution in [0.3, 0.4) is 0 Å². The number of benzene rings is 2. The summed E-state index contributed by atoms with van der Waals surface area (Å²) >= 11 is 0. The molecule has 0 saturated carbocycles. The minimum absolute atomic E-state index is 0.0401. The smallest absolute Gasteiger partial charge is 0.410 e. The highest BCUT2D eigenvalue weighted by atomic mass is 16.6. The van der Waals surface area contributed by atoms with E-state index in [-0.39, 0.29) is 24.1 Å². The Morgan fingerprint density at radius 1 is 0.970 bits per heavy atom. The summed E-state index contributed by atoms with van der Waals surface area (Å²) in [6.45, 7) is 0.351. The van der Waals surface area contributed by atoms with Crippen molar-refractivity contribution in [3.8, 4) is 17.0 Å². The lowest BCUT2D eigenvalue weighted by molar-refractivity contribution is 0.0866. The van der Waals surface area contributed by atoms with Gasteiger partial charge in [0.2, 0.25) is 5.88 Å². The second kappa shape index (κ2) is 8.03. The number of hydrogen-bond acceptors (Lipinski definition) is 5. The molecule has 2 bridgehead atoms. The molecule has 2 atom stereocenters. The van der Waals surface area contributed by atoms with Crippen molar-refractivity contribution in [1.29, 1.82) is 0 Å². The lowest BCUT2D eigenvalue weighted by Gasteiger charge is -2.33. The molecule has 1 aliphatic carbocycles. The molecule has 166 valence electrons. The van der Waals surface area contributed by atoms with Crippen molar-refractivity contribution in [2.45, 2.75) is 37.3 Å². The van der Waals surface area contributed by atoms with Gasteiger partial charge in [-0.15, -0.1) is 10.2 Å². The number of hydrogen-bond donors (Lipinski definition) is 0. The van der Waals surface area contributed by atoms with Gasteiger partial charge in [0.25, 0.3) is 0 Å². The molecular weight excluding hydrogens is 414 g/mol. The fourth-order valence-electron chi connectivity index (χ4n) is 5.57. The monoisotopic (exact) mass is 439 g/mol. The van der Waals surface area contributed by atoms with Crippen molar-refractivity contribution in [3.05, 3.63) is 83.6 Å². The Morgan fingerprint density at radius 2 is 1.70 bits per heavy atom. The van der Waals surface area contributed by atoms with Gasteiger partial charge in [-0.05, 0) is 53.2 Å². The van der Waals surface area contributed by atoms with Crippen LogP contribution in [0.4, 0.5) is 4.79 Å². The number of fused-ring (bicyclic) bond motifs is 5. The summed E-state index contributed by atoms with van der Waals surface area (Å²) in [6.07, 6.45) is 4.62. The number of ether oxygens (including phenoxy) is 2. The predicted octanol–water partition coefficient (Wildman–Crippen LogP) is 5.05. The van der Waals surface area contributed by atoms with Crippen LogP contribution >= 0.6 is 0 Å². The van der Waals surface area contributed by atoms with E-state index < -0.39 is 0 Å². The van der Waals surface area contributed by atoms with Crippen LogP contribution in [-0.2, 0) is 4.74 Å². The van der Waals surface area contributed by atoms with Crippen LogP contribution in [0.2, 0.25) is 0 Å². The summed E-state index contributed by atoms with van der Waals surface area (Å²) in [5.74, 6) is 0.572. The number of methoxy groups -OCH3 is 1. The summed E-state index contributed by atoms with van der Waals surface area (Å²) in [6, 6.07) is 20.7. The van der Waals surface area contributed by atoms with Gasteiger partial charge in [0.05, 0.1) is 18.8 Å². The van der Waals surface area contributed by atoms with Gasteiger partial charge in [0.1, 0.15) is 6.61 Å². The molecule has 0 spiro atoms. The van der Waals surface area contributed by atoms with E-state index in [1.54, 1.807) is 7.11 Å². The Labute approximate surface area is 192 Å². The predicted molar refractivity (Wildman–Crippen MR) is 125 cm³/mol. The maximum atomic E-state index is 13.2. The van der Waals surface area contributed by atoms with Crippen LogP contribution in [-0.4, -0.2) is 47.0 Å². The third-order valence-electron chi connectivity index (χ3n) is 7.12. The highest BCUT2D eigenvalue weighted by Crippen LogP contribution is 2.45. The van der Waals surface area contributed by atoms with E-state index in [9.17, 15) is 4.79 Å². The van der Waals surface area contributed by atoms with Gasteiger partial charge in [-0.2, -0.15) is 0 Å². The fraction of sp³-hybridized carbons (Fsp3) is 0.296. The molecule has 3 heterocycles. The third kappa shape index (κ3) is 3.37. The molecule has 6 rings (SSSR count). The van der Waals surface area contributed by atoms with E-state index in [2.05, 4.69) is 64.8 Å². The van der Waals surface area contributed by atoms with Crippen LogP contribution < -0.4 is 4.74 Å². The Balaban J connectivity index is 1.19. The van der Waals surface area contributed by atoms with Gasteiger partial charge in [0.15, 0.2) is 0 Å². The SMILES string of the molecule is COc1ccc(C2=CC3CCC(C2)N3C(=O)OCC2c3ccccc3-c3ccccc32)nn1. The highest BCUT2D eigenvalue weighted by Gasteiger charge is 2.41. The standard InChI is InChI=1S/C27H25N3O3/c1-32-26-13-12-25(28-29-26)17-14-18-10-11-19(15-17)30(18)27(31)33-16-24-22-8-4-2-6-20(22)21-7-3-5-9-23(21)24/h2-9,12-14,18-19,24H,10-11,15-16H2,1H3. The van der Waals surface area contributed by atoms with Crippen LogP contribution in [0.1, 0.15) is 42.0 Å². The normalized spacial score (nSPS) is 20.8. The molecule has 6 heteroatoms. The zero-order valence-electron chi connectivity index (χ0n) is 18.5. The maximum absolute atomic E-state index is 13.2. The molecule has 2 aromatic carbocycles. The van der Waals surface area contributed by atoms with Crippen LogP contribution in [0.15, 0.2) is 66.7 Å². The maximum Gasteiger partial charge on any atom is 0.410 e. The van der Waals surface area contributed by atoms with E-state index in [4.69, 9.17) is 9.47 Å². The number of carbonyl (C=O) groups excluding carboxylic acids is 1. The fourth-order valence-corrected chi connectivity index (χ4v) is 5.57. The van der Waals surface area contributed by atoms with Crippen molar-refractivity contribution < 1.29 is 14.3 Å². The first-order valence-corrected chi connectivity index (χ1v) is 11.4. The summed E-state index contributed by atoms with van der Waals surface area (Å²) in [5.41, 5.74) is 6.92. The van der Waals surface area contributed by atoms with E-state index >= 15 is 0 Å². The van der Waals surface area contributed by atoms with Crippen molar-refractivity contribution in [3.63, 3.8) is 0 Å². The number of nitrogens with zero attached hydrogens (tertiary/aromatic N) is 3. The number of aromatic nitrogens is 2. The first kappa shape index (κ1) is 20.0. The van der Waals surface area contributed by atoms with E-state index in [1.165, 1.54) is 22.3 Å². The molecular formula is C27H25N3O3. The average molecular weight is 440 g/mol. The topological polar surface area (TPSA) is 64.5 Å². The zero-order chi connectivity index (χ0) is 22.4. The molecule has 2 aliphatic heterocycles. The van der Waals surface area contributed by atoms with Gasteiger partial charge in [-0.25, -0.2) is 4.79 Å². The summed E-state index contributed by atoms with van der Waals surface area (Å²) in [4.78, 5) is 15.1. The molecule has 1 saturated heterocycles. The van der Waals surface area contributed by atoms with Gasteiger partial charge >= 0.3 is 6.09 Å². The quantitative estimate of drug-likeness (QED) is 0.569. The van der Waals surface area contributed by atoms with E-state index in [0.717, 1.165) is 30.5 Å². The van der Waals surface area contributed by atoms with Gasteiger partial charge < -0.3 is 9.47 Å². The first-order chi connectivity index (χ1) is 16.2. The van der Waals surface area contributed by atoms with Crippen molar-refractivity contribution in [2.75, 3.05) is 13.7 Å². The lowest BCUT2D eigenvalue weighted by atomic mass is 9.98. The van der Waals surface area contributed by atoms with E-state index in [1.807, 2.05) is 17.0 Å². The van der Waals surface area contributed by atoms with Gasteiger partial charge in [-0.1, -0.05) is 54.6 Å². The molecule has 1 fully saturated rings. The van der Waals surface area contributed by atoms with Crippen LogP contribution in [0.5, 0.6) is 5.88 Å². The first-order valence-electron chi connectivity index (χ1n) is 11.4. The Kier molecular flexibility index (Phi) is 4.86. The summed E-state index contributed by atoms with van der Waals surface area (Å²) in [5, 5.41) is 8.38. The van der Waals surface area contributed by atoms with Crippen molar-refractivity contribution >= 4 is 11.7 Å². The Bertz CT molecular complexity index is 1190. The number of rotatable bonds is 4. The van der Waals surface area contributed by atoms with Crippen LogP contribution in [0, 0.1) is 0 Å². The molecule has 1 aromatic heterocycles. The van der Waals surface area contributed by atoms with Crippen molar-refractivity contribution in [1.82, 2.24) is 15.1 Å². The second-order valence-corrected chi connectivity index (χ2v) is 8.87. The van der Waals surface area contributed by atoms with Gasteiger partial charge in [-0.3, -0.25) is 4.90 Å². The highest BCUT2D eigenvalue weighted by molar-refractivity contribution is 5.79. The minimum Gasteiger partial charge on any atom is -0.480 e. The zero-order valence-corrected chi connectivity index (χ0v) is 18.5. The number of carbonyl (C=O) groups is 1. The van der Waals surface area contributed by atoms with Crippen molar-refractivity contribution in [2.24, 2.45) is 0 Å². The summed E-state index contributed by atoms with van der Waals surface area (Å²) < 4.78 is 11.1. The molecule has 3 aromatic rings. The molecule has 6 nitrogen and oxygen atoms in total. The molecule has 2 unspecified atom stereocenters. The minimum atomic E-state index is -0.222. The molecule has 3 aliphatic rings. The molecule has 0 radical (unpaired) electrons. The average Bonchev–Trinajstić information content (AvgIpc) is 3.33. The Morgan fingerprint density at radius 3 is 2.33 bits per heavy atom. The van der Waals surface area contributed by atoms with E-state index in [0.29, 0.717) is 12.5 Å². The molecule has 0 N–H and O–H groups in total. The Hall–Kier alpha value is -3.67. The molecule has 1 amide bonds.